The highest BCUT2D eigenvalue weighted by atomic mass is 79.9. The Bertz CT molecular complexity index is 476. The molecule has 2 fully saturated rings. The topological polar surface area (TPSA) is 12.0 Å². The molecule has 0 aliphatic heterocycles. The molecule has 3 rings (SSSR count). The van der Waals surface area contributed by atoms with Crippen molar-refractivity contribution in [1.82, 2.24) is 5.32 Å². The highest BCUT2D eigenvalue weighted by molar-refractivity contribution is 9.10. The van der Waals surface area contributed by atoms with E-state index in [1.54, 1.807) is 0 Å². The van der Waals surface area contributed by atoms with E-state index in [1.807, 2.05) is 6.07 Å². The van der Waals surface area contributed by atoms with Crippen LogP contribution in [0.3, 0.4) is 0 Å². The molecule has 1 aromatic carbocycles. The van der Waals surface area contributed by atoms with Crippen molar-refractivity contribution in [3.8, 4) is 0 Å². The van der Waals surface area contributed by atoms with Crippen molar-refractivity contribution in [3.63, 3.8) is 0 Å². The molecule has 2 saturated carbocycles. The number of nitrogens with one attached hydrogen (secondary N) is 1. The summed E-state index contributed by atoms with van der Waals surface area (Å²) < 4.78 is 1.01. The number of hydrogen-bond acceptors (Lipinski definition) is 1. The summed E-state index contributed by atoms with van der Waals surface area (Å²) in [5, 5.41) is 4.52. The van der Waals surface area contributed by atoms with E-state index in [1.165, 1.54) is 37.7 Å². The van der Waals surface area contributed by atoms with Gasteiger partial charge in [0.25, 0.3) is 0 Å². The van der Waals surface area contributed by atoms with Gasteiger partial charge in [-0.25, -0.2) is 0 Å². The van der Waals surface area contributed by atoms with Crippen LogP contribution >= 0.6 is 27.5 Å². The molecule has 0 heterocycles. The van der Waals surface area contributed by atoms with Crippen LogP contribution in [0, 0.1) is 17.8 Å². The lowest BCUT2D eigenvalue weighted by molar-refractivity contribution is 0.280. The molecule has 3 heteroatoms. The maximum Gasteiger partial charge on any atom is 0.0595 e. The fraction of sp³-hybridized carbons (Fsp3) is 0.647. The van der Waals surface area contributed by atoms with Crippen molar-refractivity contribution >= 4 is 27.5 Å². The lowest BCUT2D eigenvalue weighted by Gasteiger charge is -2.28. The summed E-state index contributed by atoms with van der Waals surface area (Å²) in [5.74, 6) is 2.89. The zero-order valence-electron chi connectivity index (χ0n) is 12.0. The SMILES string of the molecule is CCNC(CC1CC2CCC1C2)c1cccc(Br)c1Cl. The van der Waals surface area contributed by atoms with Crippen molar-refractivity contribution in [2.75, 3.05) is 6.54 Å². The lowest BCUT2D eigenvalue weighted by atomic mass is 9.82. The molecule has 0 aromatic heterocycles. The molecule has 1 aromatic rings. The number of rotatable bonds is 5. The second-order valence-electron chi connectivity index (χ2n) is 6.42. The Morgan fingerprint density at radius 2 is 2.20 bits per heavy atom. The number of fused-ring (bicyclic) bond motifs is 2. The molecule has 2 bridgehead atoms. The second-order valence-corrected chi connectivity index (χ2v) is 7.66. The van der Waals surface area contributed by atoms with E-state index in [9.17, 15) is 0 Å². The lowest BCUT2D eigenvalue weighted by Crippen LogP contribution is -2.25. The van der Waals surface area contributed by atoms with E-state index >= 15 is 0 Å². The van der Waals surface area contributed by atoms with Crippen molar-refractivity contribution < 1.29 is 0 Å². The Balaban J connectivity index is 1.77. The molecule has 4 unspecified atom stereocenters. The first-order chi connectivity index (χ1) is 9.69. The van der Waals surface area contributed by atoms with Crippen molar-refractivity contribution in [2.45, 2.75) is 45.1 Å². The van der Waals surface area contributed by atoms with Gasteiger partial charge in [0.05, 0.1) is 5.02 Å². The minimum Gasteiger partial charge on any atom is -0.310 e. The molecule has 0 spiro atoms. The molecular weight excluding hydrogens is 334 g/mol. The summed E-state index contributed by atoms with van der Waals surface area (Å²) in [7, 11) is 0. The molecule has 110 valence electrons. The first-order valence-electron chi connectivity index (χ1n) is 7.86. The predicted molar refractivity (Wildman–Crippen MR) is 89.1 cm³/mol. The van der Waals surface area contributed by atoms with E-state index < -0.39 is 0 Å². The summed E-state index contributed by atoms with van der Waals surface area (Å²) in [6.07, 6.45) is 7.10. The summed E-state index contributed by atoms with van der Waals surface area (Å²) in [4.78, 5) is 0. The quantitative estimate of drug-likeness (QED) is 0.726. The third-order valence-electron chi connectivity index (χ3n) is 5.23. The summed E-state index contributed by atoms with van der Waals surface area (Å²) in [6.45, 7) is 3.17. The third-order valence-corrected chi connectivity index (χ3v) is 6.54. The van der Waals surface area contributed by atoms with Crippen LogP contribution in [0.15, 0.2) is 22.7 Å². The van der Waals surface area contributed by atoms with Gasteiger partial charge in [-0.05, 0) is 77.5 Å². The average Bonchev–Trinajstić information content (AvgIpc) is 3.04. The molecule has 2 aliphatic carbocycles. The molecule has 2 aliphatic rings. The van der Waals surface area contributed by atoms with E-state index in [0.717, 1.165) is 33.8 Å². The molecule has 0 amide bonds. The zero-order valence-corrected chi connectivity index (χ0v) is 14.4. The predicted octanol–water partition coefficient (Wildman–Crippen LogP) is 5.58. The molecule has 0 radical (unpaired) electrons. The average molecular weight is 357 g/mol. The van der Waals surface area contributed by atoms with E-state index in [-0.39, 0.29) is 0 Å². The van der Waals surface area contributed by atoms with Gasteiger partial charge >= 0.3 is 0 Å². The van der Waals surface area contributed by atoms with Crippen molar-refractivity contribution in [1.29, 1.82) is 0 Å². The van der Waals surface area contributed by atoms with E-state index in [0.29, 0.717) is 6.04 Å². The van der Waals surface area contributed by atoms with Gasteiger partial charge in [-0.1, -0.05) is 37.1 Å². The highest BCUT2D eigenvalue weighted by Crippen LogP contribution is 2.51. The Morgan fingerprint density at radius 1 is 1.35 bits per heavy atom. The number of hydrogen-bond donors (Lipinski definition) is 1. The number of halogens is 2. The standard InChI is InChI=1S/C17H23BrClN/c1-2-20-16(14-4-3-5-15(18)17(14)19)10-13-9-11-6-7-12(13)8-11/h3-5,11-13,16,20H,2,6-10H2,1H3. The fourth-order valence-electron chi connectivity index (χ4n) is 4.32. The molecule has 1 nitrogen and oxygen atoms in total. The van der Waals surface area contributed by atoms with Crippen LogP contribution in [-0.4, -0.2) is 6.54 Å². The smallest absolute Gasteiger partial charge is 0.0595 e. The van der Waals surface area contributed by atoms with Gasteiger partial charge < -0.3 is 5.32 Å². The molecular formula is C17H23BrClN. The van der Waals surface area contributed by atoms with Gasteiger partial charge in [-0.3, -0.25) is 0 Å². The van der Waals surface area contributed by atoms with Crippen LogP contribution in [0.1, 0.15) is 50.6 Å². The maximum absolute atomic E-state index is 6.50. The van der Waals surface area contributed by atoms with Gasteiger partial charge in [0, 0.05) is 10.5 Å². The Kier molecular flexibility index (Phi) is 4.74. The van der Waals surface area contributed by atoms with E-state index in [4.69, 9.17) is 11.6 Å². The normalized spacial score (nSPS) is 29.9. The fourth-order valence-corrected chi connectivity index (χ4v) is 4.96. The second kappa shape index (κ2) is 6.37. The summed E-state index contributed by atoms with van der Waals surface area (Å²) in [5.41, 5.74) is 1.26. The molecule has 4 atom stereocenters. The van der Waals surface area contributed by atoms with Crippen molar-refractivity contribution in [2.24, 2.45) is 17.8 Å². The summed E-state index contributed by atoms with van der Waals surface area (Å²) >= 11 is 10.1. The Labute approximate surface area is 135 Å². The van der Waals surface area contributed by atoms with Gasteiger partial charge in [0.1, 0.15) is 0 Å². The highest BCUT2D eigenvalue weighted by Gasteiger charge is 2.40. The van der Waals surface area contributed by atoms with Crippen LogP contribution in [0.4, 0.5) is 0 Å². The van der Waals surface area contributed by atoms with Crippen molar-refractivity contribution in [3.05, 3.63) is 33.3 Å². The largest absolute Gasteiger partial charge is 0.310 e. The van der Waals surface area contributed by atoms with Crippen LogP contribution < -0.4 is 5.32 Å². The maximum atomic E-state index is 6.50. The monoisotopic (exact) mass is 355 g/mol. The Morgan fingerprint density at radius 3 is 2.85 bits per heavy atom. The third kappa shape index (κ3) is 2.93. The summed E-state index contributed by atoms with van der Waals surface area (Å²) in [6, 6.07) is 6.69. The molecule has 20 heavy (non-hydrogen) atoms. The van der Waals surface area contributed by atoms with Crippen LogP contribution in [0.2, 0.25) is 5.02 Å². The van der Waals surface area contributed by atoms with Gasteiger partial charge in [-0.15, -0.1) is 0 Å². The van der Waals surface area contributed by atoms with Gasteiger partial charge in [0.15, 0.2) is 0 Å². The Hall–Kier alpha value is -0.0500. The van der Waals surface area contributed by atoms with Crippen LogP contribution in [0.5, 0.6) is 0 Å². The minimum absolute atomic E-state index is 0.398. The zero-order chi connectivity index (χ0) is 14.1. The van der Waals surface area contributed by atoms with Crippen LogP contribution in [-0.2, 0) is 0 Å². The minimum atomic E-state index is 0.398. The molecule has 1 N–H and O–H groups in total. The first kappa shape index (κ1) is 14.9. The number of benzene rings is 1. The van der Waals surface area contributed by atoms with E-state index in [2.05, 4.69) is 40.3 Å². The molecule has 0 saturated heterocycles. The van der Waals surface area contributed by atoms with Crippen LogP contribution in [0.25, 0.3) is 0 Å². The first-order valence-corrected chi connectivity index (χ1v) is 9.03. The van der Waals surface area contributed by atoms with Gasteiger partial charge in [0.2, 0.25) is 0 Å². The van der Waals surface area contributed by atoms with Gasteiger partial charge in [-0.2, -0.15) is 0 Å².